The van der Waals surface area contributed by atoms with Crippen molar-refractivity contribution in [3.63, 3.8) is 0 Å². The highest BCUT2D eigenvalue weighted by atomic mass is 19.4. The van der Waals surface area contributed by atoms with Gasteiger partial charge in [-0.2, -0.15) is 13.2 Å². The molecular formula is C14H16F3NO3. The molecule has 0 saturated carbocycles. The van der Waals surface area contributed by atoms with E-state index in [2.05, 4.69) is 5.32 Å². The molecule has 0 aromatic heterocycles. The van der Waals surface area contributed by atoms with Crippen LogP contribution in [0.15, 0.2) is 24.3 Å². The topological polar surface area (TPSA) is 55.4 Å². The maximum absolute atomic E-state index is 12.6. The van der Waals surface area contributed by atoms with Crippen LogP contribution in [0.1, 0.15) is 36.2 Å². The van der Waals surface area contributed by atoms with E-state index in [-0.39, 0.29) is 12.2 Å². The van der Waals surface area contributed by atoms with Gasteiger partial charge < -0.3 is 10.1 Å². The van der Waals surface area contributed by atoms with Crippen LogP contribution in [0.2, 0.25) is 0 Å². The van der Waals surface area contributed by atoms with Gasteiger partial charge in [-0.3, -0.25) is 4.79 Å². The molecule has 0 radical (unpaired) electrons. The molecule has 0 spiro atoms. The number of alkyl halides is 3. The van der Waals surface area contributed by atoms with Crippen LogP contribution in [0.4, 0.5) is 13.2 Å². The summed E-state index contributed by atoms with van der Waals surface area (Å²) in [7, 11) is 0. The van der Waals surface area contributed by atoms with Crippen LogP contribution in [-0.4, -0.2) is 24.5 Å². The van der Waals surface area contributed by atoms with Crippen molar-refractivity contribution in [2.24, 2.45) is 0 Å². The van der Waals surface area contributed by atoms with Gasteiger partial charge in [-0.25, -0.2) is 4.79 Å². The molecule has 21 heavy (non-hydrogen) atoms. The minimum Gasteiger partial charge on any atom is -0.464 e. The third-order valence-electron chi connectivity index (χ3n) is 2.60. The minimum absolute atomic E-state index is 0.167. The van der Waals surface area contributed by atoms with E-state index in [1.807, 2.05) is 6.92 Å². The largest absolute Gasteiger partial charge is 0.464 e. The predicted molar refractivity (Wildman–Crippen MR) is 69.6 cm³/mol. The van der Waals surface area contributed by atoms with E-state index in [9.17, 15) is 22.8 Å². The van der Waals surface area contributed by atoms with Crippen LogP contribution in [0.25, 0.3) is 0 Å². The molecule has 1 atom stereocenters. The van der Waals surface area contributed by atoms with Gasteiger partial charge in [0.25, 0.3) is 5.91 Å². The first-order valence-corrected chi connectivity index (χ1v) is 6.40. The van der Waals surface area contributed by atoms with Gasteiger partial charge in [-0.15, -0.1) is 0 Å². The summed E-state index contributed by atoms with van der Waals surface area (Å²) in [5.74, 6) is -1.39. The number of carbonyl (C=O) groups excluding carboxylic acids is 2. The normalized spacial score (nSPS) is 12.6. The fourth-order valence-electron chi connectivity index (χ4n) is 1.50. The number of amides is 1. The minimum atomic E-state index is -4.53. The molecule has 1 aromatic carbocycles. The third-order valence-corrected chi connectivity index (χ3v) is 2.60. The van der Waals surface area contributed by atoms with Gasteiger partial charge in [0, 0.05) is 5.56 Å². The average Bonchev–Trinajstić information content (AvgIpc) is 2.43. The lowest BCUT2D eigenvalue weighted by atomic mass is 10.1. The highest BCUT2D eigenvalue weighted by Crippen LogP contribution is 2.29. The summed E-state index contributed by atoms with van der Waals surface area (Å²) in [4.78, 5) is 23.3. The van der Waals surface area contributed by atoms with Crippen LogP contribution in [-0.2, 0) is 15.7 Å². The van der Waals surface area contributed by atoms with Crippen LogP contribution in [0, 0.1) is 0 Å². The Morgan fingerprint density at radius 3 is 2.57 bits per heavy atom. The van der Waals surface area contributed by atoms with Gasteiger partial charge in [-0.05, 0) is 31.5 Å². The lowest BCUT2D eigenvalue weighted by molar-refractivity contribution is -0.145. The Morgan fingerprint density at radius 1 is 1.33 bits per heavy atom. The number of rotatable bonds is 5. The van der Waals surface area contributed by atoms with E-state index in [0.29, 0.717) is 6.42 Å². The zero-order valence-electron chi connectivity index (χ0n) is 11.7. The monoisotopic (exact) mass is 303 g/mol. The number of esters is 1. The molecule has 0 aliphatic carbocycles. The van der Waals surface area contributed by atoms with Crippen molar-refractivity contribution in [2.75, 3.05) is 6.61 Å². The number of carbonyl (C=O) groups is 2. The van der Waals surface area contributed by atoms with Crippen molar-refractivity contribution in [1.29, 1.82) is 0 Å². The van der Waals surface area contributed by atoms with E-state index < -0.39 is 29.7 Å². The predicted octanol–water partition coefficient (Wildman–Crippen LogP) is 2.78. The van der Waals surface area contributed by atoms with E-state index in [1.165, 1.54) is 13.0 Å². The summed E-state index contributed by atoms with van der Waals surface area (Å²) >= 11 is 0. The van der Waals surface area contributed by atoms with Crippen LogP contribution in [0.3, 0.4) is 0 Å². The molecule has 0 fully saturated rings. The zero-order valence-corrected chi connectivity index (χ0v) is 11.7. The Morgan fingerprint density at radius 2 is 2.00 bits per heavy atom. The van der Waals surface area contributed by atoms with Crippen LogP contribution >= 0.6 is 0 Å². The summed E-state index contributed by atoms with van der Waals surface area (Å²) in [6.07, 6.45) is -3.89. The van der Waals surface area contributed by atoms with Crippen molar-refractivity contribution in [2.45, 2.75) is 32.5 Å². The third kappa shape index (κ3) is 5.09. The highest BCUT2D eigenvalue weighted by Gasteiger charge is 2.31. The van der Waals surface area contributed by atoms with Crippen molar-refractivity contribution < 1.29 is 27.5 Å². The fourth-order valence-corrected chi connectivity index (χ4v) is 1.50. The van der Waals surface area contributed by atoms with E-state index >= 15 is 0 Å². The van der Waals surface area contributed by atoms with Crippen LogP contribution in [0.5, 0.6) is 0 Å². The molecule has 0 unspecified atom stereocenters. The molecule has 0 aliphatic heterocycles. The molecule has 0 bridgehead atoms. The van der Waals surface area contributed by atoms with Crippen molar-refractivity contribution in [3.8, 4) is 0 Å². The summed E-state index contributed by atoms with van der Waals surface area (Å²) in [6.45, 7) is 3.45. The molecule has 1 rings (SSSR count). The second-order valence-electron chi connectivity index (χ2n) is 4.44. The Balaban J connectivity index is 2.74. The van der Waals surface area contributed by atoms with Gasteiger partial charge in [0.1, 0.15) is 6.04 Å². The molecule has 1 aromatic rings. The molecule has 1 N–H and O–H groups in total. The second-order valence-corrected chi connectivity index (χ2v) is 4.44. The second kappa shape index (κ2) is 7.10. The maximum atomic E-state index is 12.6. The maximum Gasteiger partial charge on any atom is 0.416 e. The number of hydrogen-bond acceptors (Lipinski definition) is 3. The number of nitrogens with one attached hydrogen (secondary N) is 1. The number of ether oxygens (including phenoxy) is 1. The quantitative estimate of drug-likeness (QED) is 0.851. The van der Waals surface area contributed by atoms with Crippen molar-refractivity contribution >= 4 is 11.9 Å². The first-order chi connectivity index (χ1) is 9.75. The van der Waals surface area contributed by atoms with Gasteiger partial charge in [0.2, 0.25) is 0 Å². The molecule has 116 valence electrons. The van der Waals surface area contributed by atoms with Gasteiger partial charge in [0.05, 0.1) is 12.2 Å². The molecule has 7 heteroatoms. The number of halogens is 3. The average molecular weight is 303 g/mol. The summed E-state index contributed by atoms with van der Waals surface area (Å²) in [5, 5.41) is 2.30. The summed E-state index contributed by atoms with van der Waals surface area (Å²) < 4.78 is 42.5. The zero-order chi connectivity index (χ0) is 16.0. The Bertz CT molecular complexity index is 514. The van der Waals surface area contributed by atoms with Crippen LogP contribution < -0.4 is 5.32 Å². The highest BCUT2D eigenvalue weighted by molar-refractivity contribution is 5.96. The summed E-state index contributed by atoms with van der Waals surface area (Å²) in [5.41, 5.74) is -1.09. The molecule has 0 aliphatic rings. The summed E-state index contributed by atoms with van der Waals surface area (Å²) in [6, 6.07) is 3.06. The molecule has 0 saturated heterocycles. The number of benzene rings is 1. The molecule has 4 nitrogen and oxygen atoms in total. The first kappa shape index (κ1) is 17.0. The van der Waals surface area contributed by atoms with Gasteiger partial charge in [-0.1, -0.05) is 13.0 Å². The lowest BCUT2D eigenvalue weighted by Crippen LogP contribution is -2.39. The number of hydrogen-bond donors (Lipinski definition) is 1. The lowest BCUT2D eigenvalue weighted by Gasteiger charge is -2.14. The Hall–Kier alpha value is -2.05. The van der Waals surface area contributed by atoms with E-state index in [1.54, 1.807) is 0 Å². The Labute approximate surface area is 120 Å². The SMILES string of the molecule is CCCOC(=O)[C@H](C)NC(=O)c1cccc(C(F)(F)F)c1. The van der Waals surface area contributed by atoms with Gasteiger partial charge >= 0.3 is 12.1 Å². The fraction of sp³-hybridized carbons (Fsp3) is 0.429. The van der Waals surface area contributed by atoms with Gasteiger partial charge in [0.15, 0.2) is 0 Å². The van der Waals surface area contributed by atoms with E-state index in [0.717, 1.165) is 18.2 Å². The Kier molecular flexibility index (Phi) is 5.75. The van der Waals surface area contributed by atoms with Crippen molar-refractivity contribution in [3.05, 3.63) is 35.4 Å². The first-order valence-electron chi connectivity index (χ1n) is 6.40. The molecule has 0 heterocycles. The molecular weight excluding hydrogens is 287 g/mol. The smallest absolute Gasteiger partial charge is 0.416 e. The van der Waals surface area contributed by atoms with E-state index in [4.69, 9.17) is 4.74 Å². The molecule has 1 amide bonds. The standard InChI is InChI=1S/C14H16F3NO3/c1-3-7-21-13(20)9(2)18-12(19)10-5-4-6-11(8-10)14(15,16)17/h4-6,8-9H,3,7H2,1-2H3,(H,18,19)/t9-/m0/s1. The van der Waals surface area contributed by atoms with Crippen molar-refractivity contribution in [1.82, 2.24) is 5.32 Å².